The molecule has 42 heavy (non-hydrogen) atoms. The van der Waals surface area contributed by atoms with Crippen molar-refractivity contribution in [2.24, 2.45) is 5.73 Å². The summed E-state index contributed by atoms with van der Waals surface area (Å²) >= 11 is 0. The van der Waals surface area contributed by atoms with Crippen LogP contribution < -0.4 is 15.2 Å². The monoisotopic (exact) mass is 575 g/mol. The van der Waals surface area contributed by atoms with E-state index in [1.165, 1.54) is 0 Å². The molecule has 0 aliphatic heterocycles. The number of carboxylic acid groups (broad SMARTS) is 3. The zero-order valence-electron chi connectivity index (χ0n) is 21.8. The van der Waals surface area contributed by atoms with Gasteiger partial charge in [-0.1, -0.05) is 68.1 Å². The summed E-state index contributed by atoms with van der Waals surface area (Å²) in [5.74, 6) is -0.732. The Bertz CT molecular complexity index is 1400. The van der Waals surface area contributed by atoms with Crippen LogP contribution in [0, 0.1) is 0 Å². The minimum Gasteiger partial charge on any atom is -0.481 e. The third kappa shape index (κ3) is 14.1. The predicted octanol–water partition coefficient (Wildman–Crippen LogP) is 6.43. The van der Waals surface area contributed by atoms with Crippen molar-refractivity contribution in [3.8, 4) is 23.0 Å². The molecule has 0 fully saturated rings. The second kappa shape index (κ2) is 18.7. The molecule has 0 aliphatic carbocycles. The Morgan fingerprint density at radius 3 is 1.52 bits per heavy atom. The molecule has 0 amide bonds. The van der Waals surface area contributed by atoms with E-state index < -0.39 is 30.4 Å². The van der Waals surface area contributed by atoms with Gasteiger partial charge < -0.3 is 30.5 Å². The Labute approximate surface area is 243 Å². The number of aldehydes is 1. The molecule has 0 aliphatic rings. The van der Waals surface area contributed by atoms with Gasteiger partial charge in [0.15, 0.2) is 0 Å². The van der Waals surface area contributed by atoms with Crippen LogP contribution in [0.4, 0.5) is 0 Å². The summed E-state index contributed by atoms with van der Waals surface area (Å²) in [7, 11) is 0. The SMILES string of the molecule is C.NC(CC(=O)O)c1cccc(Oc2ccccc2)c1.O=C(O)CC(=O)O.O=Cc1cccc(Oc2ccccc2)c1. The third-order valence-corrected chi connectivity index (χ3v) is 4.94. The van der Waals surface area contributed by atoms with E-state index in [1.54, 1.807) is 36.4 Å². The van der Waals surface area contributed by atoms with Crippen LogP contribution in [0.3, 0.4) is 0 Å². The van der Waals surface area contributed by atoms with Gasteiger partial charge in [0.05, 0.1) is 6.42 Å². The van der Waals surface area contributed by atoms with Crippen molar-refractivity contribution in [2.75, 3.05) is 0 Å². The Kier molecular flexibility index (Phi) is 15.4. The fourth-order valence-corrected chi connectivity index (χ4v) is 3.14. The molecule has 1 unspecified atom stereocenters. The number of nitrogens with two attached hydrogens (primary N) is 1. The number of rotatable bonds is 10. The summed E-state index contributed by atoms with van der Waals surface area (Å²) in [6.45, 7) is 0. The van der Waals surface area contributed by atoms with Crippen molar-refractivity contribution < 1.29 is 44.0 Å². The molecule has 4 rings (SSSR count). The summed E-state index contributed by atoms with van der Waals surface area (Å²) < 4.78 is 11.2. The van der Waals surface area contributed by atoms with Crippen molar-refractivity contribution in [1.82, 2.24) is 0 Å². The number of ether oxygens (including phenoxy) is 2. The number of hydrogen-bond acceptors (Lipinski definition) is 7. The van der Waals surface area contributed by atoms with Crippen molar-refractivity contribution in [3.63, 3.8) is 0 Å². The number of hydrogen-bond donors (Lipinski definition) is 4. The smallest absolute Gasteiger partial charge is 0.314 e. The average molecular weight is 576 g/mol. The van der Waals surface area contributed by atoms with E-state index in [2.05, 4.69) is 0 Å². The molecule has 0 radical (unpaired) electrons. The first-order chi connectivity index (χ1) is 19.7. The second-order valence-electron chi connectivity index (χ2n) is 8.26. The Hall–Kier alpha value is -5.48. The number of carboxylic acids is 3. The van der Waals surface area contributed by atoms with Crippen LogP contribution in [-0.2, 0) is 14.4 Å². The lowest BCUT2D eigenvalue weighted by molar-refractivity contribution is -0.147. The highest BCUT2D eigenvalue weighted by molar-refractivity contribution is 5.88. The lowest BCUT2D eigenvalue weighted by atomic mass is 10.0. The zero-order chi connectivity index (χ0) is 30.0. The first kappa shape index (κ1) is 34.5. The van der Waals surface area contributed by atoms with Crippen LogP contribution in [0.5, 0.6) is 23.0 Å². The van der Waals surface area contributed by atoms with Gasteiger partial charge in [-0.05, 0) is 54.1 Å². The van der Waals surface area contributed by atoms with Gasteiger partial charge in [-0.15, -0.1) is 0 Å². The molecule has 0 bridgehead atoms. The van der Waals surface area contributed by atoms with Gasteiger partial charge in [0.25, 0.3) is 0 Å². The Morgan fingerprint density at radius 1 is 0.643 bits per heavy atom. The van der Waals surface area contributed by atoms with E-state index in [0.29, 0.717) is 17.1 Å². The first-order valence-corrected chi connectivity index (χ1v) is 12.2. The van der Waals surface area contributed by atoms with Gasteiger partial charge in [-0.2, -0.15) is 0 Å². The summed E-state index contributed by atoms with van der Waals surface area (Å²) in [5.41, 5.74) is 7.18. The van der Waals surface area contributed by atoms with Gasteiger partial charge in [-0.25, -0.2) is 0 Å². The maximum Gasteiger partial charge on any atom is 0.314 e. The van der Waals surface area contributed by atoms with Gasteiger partial charge in [0.2, 0.25) is 0 Å². The molecular weight excluding hydrogens is 542 g/mol. The largest absolute Gasteiger partial charge is 0.481 e. The molecule has 0 saturated heterocycles. The Balaban J connectivity index is 0.000000343. The van der Waals surface area contributed by atoms with Gasteiger partial charge >= 0.3 is 17.9 Å². The zero-order valence-corrected chi connectivity index (χ0v) is 21.8. The minimum atomic E-state index is -1.31. The standard InChI is InChI=1S/C15H15NO3.C13H10O2.C3H4O4.CH4/c16-14(10-15(17)18)11-5-4-8-13(9-11)19-12-6-2-1-3-7-12;14-10-11-5-4-8-13(9-11)15-12-6-2-1-3-7-12;4-2(5)1-3(6)7;/h1-9,14H,10,16H2,(H,17,18);1-10H;1H2,(H,4,5)(H,6,7);1H4. The highest BCUT2D eigenvalue weighted by Crippen LogP contribution is 2.25. The maximum absolute atomic E-state index is 10.6. The second-order valence-corrected chi connectivity index (χ2v) is 8.26. The molecular formula is C32H33NO9. The third-order valence-electron chi connectivity index (χ3n) is 4.94. The van der Waals surface area contributed by atoms with E-state index in [9.17, 15) is 19.2 Å². The molecule has 10 heteroatoms. The van der Waals surface area contributed by atoms with Gasteiger partial charge in [-0.3, -0.25) is 19.2 Å². The lowest BCUT2D eigenvalue weighted by Crippen LogP contribution is -2.14. The van der Waals surface area contributed by atoms with Crippen LogP contribution in [-0.4, -0.2) is 39.5 Å². The molecule has 0 saturated carbocycles. The highest BCUT2D eigenvalue weighted by atomic mass is 16.5. The van der Waals surface area contributed by atoms with Gasteiger partial charge in [0, 0.05) is 11.6 Å². The van der Waals surface area contributed by atoms with Crippen LogP contribution in [0.15, 0.2) is 109 Å². The van der Waals surface area contributed by atoms with E-state index in [-0.39, 0.29) is 13.8 Å². The van der Waals surface area contributed by atoms with Crippen molar-refractivity contribution in [1.29, 1.82) is 0 Å². The quantitative estimate of drug-likeness (QED) is 0.122. The molecule has 4 aromatic carbocycles. The fraction of sp³-hybridized carbons (Fsp3) is 0.125. The molecule has 1 atom stereocenters. The first-order valence-electron chi connectivity index (χ1n) is 12.2. The average Bonchev–Trinajstić information content (AvgIpc) is 2.94. The van der Waals surface area contributed by atoms with Crippen LogP contribution in [0.1, 0.15) is 42.2 Å². The van der Waals surface area contributed by atoms with Crippen LogP contribution >= 0.6 is 0 Å². The molecule has 0 spiro atoms. The van der Waals surface area contributed by atoms with Gasteiger partial charge in [0.1, 0.15) is 35.7 Å². The molecule has 0 heterocycles. The lowest BCUT2D eigenvalue weighted by Gasteiger charge is -2.11. The molecule has 5 N–H and O–H groups in total. The topological polar surface area (TPSA) is 173 Å². The number of carbonyl (C=O) groups excluding carboxylic acids is 1. The van der Waals surface area contributed by atoms with Crippen molar-refractivity contribution in [2.45, 2.75) is 26.3 Å². The van der Waals surface area contributed by atoms with E-state index in [4.69, 9.17) is 30.5 Å². The molecule has 220 valence electrons. The molecule has 0 aromatic heterocycles. The minimum absolute atomic E-state index is 0. The summed E-state index contributed by atoms with van der Waals surface area (Å²) in [6.07, 6.45) is -0.105. The Morgan fingerprint density at radius 2 is 1.10 bits per heavy atom. The number of aliphatic carboxylic acids is 3. The highest BCUT2D eigenvalue weighted by Gasteiger charge is 2.11. The van der Waals surface area contributed by atoms with E-state index >= 15 is 0 Å². The molecule has 10 nitrogen and oxygen atoms in total. The summed E-state index contributed by atoms with van der Waals surface area (Å²) in [4.78, 5) is 40.1. The summed E-state index contributed by atoms with van der Waals surface area (Å²) in [5, 5.41) is 24.1. The van der Waals surface area contributed by atoms with Crippen LogP contribution in [0.25, 0.3) is 0 Å². The fourth-order valence-electron chi connectivity index (χ4n) is 3.14. The predicted molar refractivity (Wildman–Crippen MR) is 157 cm³/mol. The molecule has 4 aromatic rings. The van der Waals surface area contributed by atoms with Crippen molar-refractivity contribution >= 4 is 24.2 Å². The number of para-hydroxylation sites is 2. The number of benzene rings is 4. The van der Waals surface area contributed by atoms with E-state index in [0.717, 1.165) is 23.3 Å². The van der Waals surface area contributed by atoms with Crippen LogP contribution in [0.2, 0.25) is 0 Å². The maximum atomic E-state index is 10.6. The van der Waals surface area contributed by atoms with Crippen molar-refractivity contribution in [3.05, 3.63) is 120 Å². The summed E-state index contributed by atoms with van der Waals surface area (Å²) in [6, 6.07) is 32.5. The normalized spacial score (nSPS) is 10.1. The van der Waals surface area contributed by atoms with E-state index in [1.807, 2.05) is 72.8 Å². The number of carbonyl (C=O) groups is 4.